The van der Waals surface area contributed by atoms with Crippen molar-refractivity contribution in [3.63, 3.8) is 0 Å². The van der Waals surface area contributed by atoms with E-state index in [4.69, 9.17) is 0 Å². The first kappa shape index (κ1) is 20.9. The van der Waals surface area contributed by atoms with E-state index in [1.807, 2.05) is 31.2 Å². The van der Waals surface area contributed by atoms with Crippen LogP contribution >= 0.6 is 11.8 Å². The molecule has 0 unspecified atom stereocenters. The van der Waals surface area contributed by atoms with E-state index in [0.717, 1.165) is 16.3 Å². The molecule has 6 heteroatoms. The number of aryl methyl sites for hydroxylation is 1. The summed E-state index contributed by atoms with van der Waals surface area (Å²) in [6.07, 6.45) is 0.939. The number of rotatable bonds is 7. The summed E-state index contributed by atoms with van der Waals surface area (Å²) in [5, 5.41) is 8.11. The highest BCUT2D eigenvalue weighted by Crippen LogP contribution is 2.25. The van der Waals surface area contributed by atoms with Crippen LogP contribution in [0, 0.1) is 12.8 Å². The fourth-order valence-electron chi connectivity index (χ4n) is 2.69. The molecule has 0 saturated carbocycles. The first-order valence-electron chi connectivity index (χ1n) is 9.66. The molecule has 3 aromatic rings. The zero-order valence-corrected chi connectivity index (χ0v) is 17.7. The second-order valence-corrected chi connectivity index (χ2v) is 8.42. The number of amides is 1. The van der Waals surface area contributed by atoms with Crippen molar-refractivity contribution in [2.24, 2.45) is 5.92 Å². The molecule has 2 aromatic carbocycles. The van der Waals surface area contributed by atoms with Crippen molar-refractivity contribution in [2.75, 3.05) is 6.54 Å². The van der Waals surface area contributed by atoms with Crippen molar-refractivity contribution >= 4 is 17.7 Å². The number of benzene rings is 2. The van der Waals surface area contributed by atoms with Gasteiger partial charge in [-0.15, -0.1) is 0 Å². The third-order valence-electron chi connectivity index (χ3n) is 4.40. The molecule has 0 aliphatic carbocycles. The monoisotopic (exact) mass is 407 g/mol. The lowest BCUT2D eigenvalue weighted by atomic mass is 10.1. The Morgan fingerprint density at radius 2 is 1.72 bits per heavy atom. The highest BCUT2D eigenvalue weighted by Gasteiger charge is 2.08. The summed E-state index contributed by atoms with van der Waals surface area (Å²) in [5.41, 5.74) is 2.17. The molecule has 150 valence electrons. The van der Waals surface area contributed by atoms with Crippen LogP contribution in [0.1, 0.15) is 36.2 Å². The summed E-state index contributed by atoms with van der Waals surface area (Å²) >= 11 is 1.50. The SMILES string of the molecule is Cc1ccc(Sc2ccc(=O)n(-c3ccc(C(=O)NCCC(C)C)cc3)n2)cc1. The molecule has 0 radical (unpaired) electrons. The Balaban J connectivity index is 1.75. The van der Waals surface area contributed by atoms with E-state index in [-0.39, 0.29) is 11.5 Å². The molecule has 0 fully saturated rings. The summed E-state index contributed by atoms with van der Waals surface area (Å²) in [6, 6.07) is 18.3. The van der Waals surface area contributed by atoms with E-state index in [0.29, 0.717) is 23.7 Å². The maximum atomic E-state index is 12.3. The number of carbonyl (C=O) groups excluding carboxylic acids is 1. The van der Waals surface area contributed by atoms with Crippen molar-refractivity contribution in [3.05, 3.63) is 82.1 Å². The Morgan fingerprint density at radius 3 is 2.38 bits per heavy atom. The minimum Gasteiger partial charge on any atom is -0.352 e. The number of hydrogen-bond acceptors (Lipinski definition) is 4. The molecule has 5 nitrogen and oxygen atoms in total. The van der Waals surface area contributed by atoms with Crippen LogP contribution in [0.4, 0.5) is 0 Å². The van der Waals surface area contributed by atoms with Crippen molar-refractivity contribution in [1.29, 1.82) is 0 Å². The zero-order valence-electron chi connectivity index (χ0n) is 16.9. The summed E-state index contributed by atoms with van der Waals surface area (Å²) < 4.78 is 1.36. The zero-order chi connectivity index (χ0) is 20.8. The van der Waals surface area contributed by atoms with Gasteiger partial charge in [0.1, 0.15) is 5.03 Å². The molecular formula is C23H25N3O2S. The van der Waals surface area contributed by atoms with Crippen LogP contribution < -0.4 is 10.9 Å². The smallest absolute Gasteiger partial charge is 0.271 e. The molecule has 0 saturated heterocycles. The molecule has 0 bridgehead atoms. The fraction of sp³-hybridized carbons (Fsp3) is 0.261. The molecule has 3 rings (SSSR count). The lowest BCUT2D eigenvalue weighted by molar-refractivity contribution is 0.0952. The first-order chi connectivity index (χ1) is 13.9. The van der Waals surface area contributed by atoms with Crippen LogP contribution in [0.15, 0.2) is 75.4 Å². The van der Waals surface area contributed by atoms with Gasteiger partial charge < -0.3 is 5.32 Å². The highest BCUT2D eigenvalue weighted by molar-refractivity contribution is 7.99. The van der Waals surface area contributed by atoms with E-state index in [2.05, 4.69) is 24.3 Å². The molecule has 1 aromatic heterocycles. The van der Waals surface area contributed by atoms with Gasteiger partial charge in [0.25, 0.3) is 11.5 Å². The van der Waals surface area contributed by atoms with Gasteiger partial charge in [0, 0.05) is 23.1 Å². The van der Waals surface area contributed by atoms with Crippen LogP contribution in [-0.4, -0.2) is 22.2 Å². The molecule has 0 aliphatic rings. The standard InChI is InChI=1S/C23H25N3O2S/c1-16(2)14-15-24-23(28)18-6-8-19(9-7-18)26-22(27)13-12-21(25-26)29-20-10-4-17(3)5-11-20/h4-13,16H,14-15H2,1-3H3,(H,24,28). The average molecular weight is 408 g/mol. The fourth-order valence-corrected chi connectivity index (χ4v) is 3.46. The largest absolute Gasteiger partial charge is 0.352 e. The van der Waals surface area contributed by atoms with Crippen LogP contribution in [0.5, 0.6) is 0 Å². The quantitative estimate of drug-likeness (QED) is 0.628. The van der Waals surface area contributed by atoms with Gasteiger partial charge in [-0.05, 0) is 61.7 Å². The van der Waals surface area contributed by atoms with Gasteiger partial charge in [-0.1, -0.05) is 43.3 Å². The van der Waals surface area contributed by atoms with Crippen molar-refractivity contribution < 1.29 is 4.79 Å². The minimum absolute atomic E-state index is 0.110. The Kier molecular flexibility index (Phi) is 6.88. The summed E-state index contributed by atoms with van der Waals surface area (Å²) in [5.74, 6) is 0.432. The number of nitrogens with one attached hydrogen (secondary N) is 1. The van der Waals surface area contributed by atoms with Gasteiger partial charge in [-0.2, -0.15) is 9.78 Å². The third kappa shape index (κ3) is 5.81. The molecule has 1 amide bonds. The molecule has 0 spiro atoms. The molecule has 1 heterocycles. The first-order valence-corrected chi connectivity index (χ1v) is 10.5. The summed E-state index contributed by atoms with van der Waals surface area (Å²) in [4.78, 5) is 25.6. The predicted molar refractivity (Wildman–Crippen MR) is 117 cm³/mol. The van der Waals surface area contributed by atoms with E-state index in [1.54, 1.807) is 30.3 Å². The van der Waals surface area contributed by atoms with Gasteiger partial charge in [0.2, 0.25) is 0 Å². The Labute approximate surface area is 175 Å². The second-order valence-electron chi connectivity index (χ2n) is 7.32. The number of hydrogen-bond donors (Lipinski definition) is 1. The van der Waals surface area contributed by atoms with Gasteiger partial charge in [-0.25, -0.2) is 0 Å². The van der Waals surface area contributed by atoms with Crippen LogP contribution in [-0.2, 0) is 0 Å². The molecule has 1 N–H and O–H groups in total. The van der Waals surface area contributed by atoms with Crippen molar-refractivity contribution in [3.8, 4) is 5.69 Å². The molecule has 29 heavy (non-hydrogen) atoms. The average Bonchev–Trinajstić information content (AvgIpc) is 2.71. The van der Waals surface area contributed by atoms with Crippen molar-refractivity contribution in [2.45, 2.75) is 37.1 Å². The molecule has 0 aliphatic heterocycles. The minimum atomic E-state index is -0.215. The highest BCUT2D eigenvalue weighted by atomic mass is 32.2. The van der Waals surface area contributed by atoms with E-state index in [1.165, 1.54) is 28.1 Å². The van der Waals surface area contributed by atoms with Gasteiger partial charge in [0.05, 0.1) is 5.69 Å². The van der Waals surface area contributed by atoms with Gasteiger partial charge in [0.15, 0.2) is 0 Å². The molecular weight excluding hydrogens is 382 g/mol. The van der Waals surface area contributed by atoms with E-state index < -0.39 is 0 Å². The van der Waals surface area contributed by atoms with Gasteiger partial charge in [-0.3, -0.25) is 9.59 Å². The van der Waals surface area contributed by atoms with Gasteiger partial charge >= 0.3 is 0 Å². The Hall–Kier alpha value is -2.86. The molecule has 0 atom stereocenters. The topological polar surface area (TPSA) is 64.0 Å². The third-order valence-corrected chi connectivity index (χ3v) is 5.34. The van der Waals surface area contributed by atoms with Crippen molar-refractivity contribution in [1.82, 2.24) is 15.1 Å². The Morgan fingerprint density at radius 1 is 1.03 bits per heavy atom. The number of carbonyl (C=O) groups is 1. The lowest BCUT2D eigenvalue weighted by Crippen LogP contribution is -2.25. The summed E-state index contributed by atoms with van der Waals surface area (Å²) in [7, 11) is 0. The number of aromatic nitrogens is 2. The number of nitrogens with zero attached hydrogens (tertiary/aromatic N) is 2. The van der Waals surface area contributed by atoms with E-state index in [9.17, 15) is 9.59 Å². The van der Waals surface area contributed by atoms with Crippen LogP contribution in [0.25, 0.3) is 5.69 Å². The Bertz CT molecular complexity index is 1030. The van der Waals surface area contributed by atoms with E-state index >= 15 is 0 Å². The maximum absolute atomic E-state index is 12.3. The normalized spacial score (nSPS) is 10.9. The lowest BCUT2D eigenvalue weighted by Gasteiger charge is -2.09. The maximum Gasteiger partial charge on any atom is 0.271 e. The second kappa shape index (κ2) is 9.56. The van der Waals surface area contributed by atoms with Crippen LogP contribution in [0.2, 0.25) is 0 Å². The predicted octanol–water partition coefficient (Wildman–Crippen LogP) is 4.47. The van der Waals surface area contributed by atoms with Crippen LogP contribution in [0.3, 0.4) is 0 Å². The summed E-state index contributed by atoms with van der Waals surface area (Å²) in [6.45, 7) is 6.94.